The summed E-state index contributed by atoms with van der Waals surface area (Å²) in [4.78, 5) is 11.6. The summed E-state index contributed by atoms with van der Waals surface area (Å²) in [6.45, 7) is 6.66. The van der Waals surface area contributed by atoms with Gasteiger partial charge in [-0.15, -0.1) is 0 Å². The quantitative estimate of drug-likeness (QED) is 0.114. The van der Waals surface area contributed by atoms with Gasteiger partial charge >= 0.3 is 5.97 Å². The number of hydrogen-bond acceptors (Lipinski definition) is 3. The van der Waals surface area contributed by atoms with E-state index in [9.17, 15) is 4.79 Å². The number of ether oxygens (including phenoxy) is 2. The van der Waals surface area contributed by atoms with Crippen LogP contribution in [-0.2, 0) is 9.53 Å². The van der Waals surface area contributed by atoms with Gasteiger partial charge in [-0.25, -0.2) is 4.79 Å². The molecule has 0 saturated carbocycles. The van der Waals surface area contributed by atoms with Crippen molar-refractivity contribution >= 4 is 12.0 Å². The third kappa shape index (κ3) is 14.3. The van der Waals surface area contributed by atoms with E-state index < -0.39 is 0 Å². The first kappa shape index (κ1) is 28.3. The third-order valence-corrected chi connectivity index (χ3v) is 5.98. The Kier molecular flexibility index (Phi) is 17.6. The number of esters is 1. The van der Waals surface area contributed by atoms with Gasteiger partial charge in [-0.3, -0.25) is 0 Å². The number of para-hydroxylation sites is 1. The van der Waals surface area contributed by atoms with Crippen molar-refractivity contribution in [3.05, 3.63) is 35.9 Å². The van der Waals surface area contributed by atoms with Gasteiger partial charge in [-0.1, -0.05) is 109 Å². The molecule has 1 rings (SSSR count). The van der Waals surface area contributed by atoms with Crippen molar-refractivity contribution in [2.45, 2.75) is 123 Å². The lowest BCUT2D eigenvalue weighted by molar-refractivity contribution is -0.137. The van der Waals surface area contributed by atoms with Crippen LogP contribution >= 0.6 is 0 Å². The van der Waals surface area contributed by atoms with Crippen LogP contribution in [0.15, 0.2) is 30.3 Å². The van der Waals surface area contributed by atoms with Crippen molar-refractivity contribution in [1.29, 1.82) is 0 Å². The highest BCUT2D eigenvalue weighted by molar-refractivity contribution is 5.87. The molecule has 1 atom stereocenters. The molecule has 0 N–H and O–H groups in total. The summed E-state index contributed by atoms with van der Waals surface area (Å²) < 4.78 is 11.3. The van der Waals surface area contributed by atoms with Gasteiger partial charge in [-0.2, -0.15) is 0 Å². The fourth-order valence-corrected chi connectivity index (χ4v) is 3.99. The van der Waals surface area contributed by atoms with Gasteiger partial charge in [0.1, 0.15) is 5.75 Å². The minimum Gasteiger partial charge on any atom is -0.490 e. The van der Waals surface area contributed by atoms with Crippen LogP contribution in [0.2, 0.25) is 0 Å². The summed E-state index contributed by atoms with van der Waals surface area (Å²) in [7, 11) is 0. The largest absolute Gasteiger partial charge is 0.490 e. The molecule has 1 aromatic rings. The number of unbranched alkanes of at least 4 members (excludes halogenated alkanes) is 12. The predicted molar refractivity (Wildman–Crippen MR) is 137 cm³/mol. The molecular weight excluding hydrogens is 396 g/mol. The van der Waals surface area contributed by atoms with Crippen LogP contribution in [0.4, 0.5) is 0 Å². The molecule has 0 aliphatic heterocycles. The maximum absolute atomic E-state index is 11.6. The Hall–Kier alpha value is -1.77. The maximum atomic E-state index is 11.6. The zero-order valence-electron chi connectivity index (χ0n) is 21.1. The molecule has 0 aliphatic rings. The summed E-state index contributed by atoms with van der Waals surface area (Å²) in [5.74, 6) is 0.524. The lowest BCUT2D eigenvalue weighted by Gasteiger charge is -2.19. The minimum atomic E-state index is -0.318. The van der Waals surface area contributed by atoms with Crippen molar-refractivity contribution in [3.8, 4) is 5.75 Å². The Morgan fingerprint density at radius 1 is 0.812 bits per heavy atom. The van der Waals surface area contributed by atoms with Gasteiger partial charge in [0.15, 0.2) is 0 Å². The van der Waals surface area contributed by atoms with Crippen LogP contribution in [0, 0.1) is 0 Å². The second-order valence-electron chi connectivity index (χ2n) is 8.80. The minimum absolute atomic E-state index is 0.222. The highest BCUT2D eigenvalue weighted by atomic mass is 16.5. The molecule has 1 unspecified atom stereocenters. The molecule has 0 radical (unpaired) electrons. The van der Waals surface area contributed by atoms with Gasteiger partial charge < -0.3 is 9.47 Å². The lowest BCUT2D eigenvalue weighted by Crippen LogP contribution is -2.15. The Morgan fingerprint density at radius 2 is 1.38 bits per heavy atom. The van der Waals surface area contributed by atoms with E-state index >= 15 is 0 Å². The van der Waals surface area contributed by atoms with Gasteiger partial charge in [0.25, 0.3) is 0 Å². The first-order valence-corrected chi connectivity index (χ1v) is 13.3. The van der Waals surface area contributed by atoms with Gasteiger partial charge in [0.05, 0.1) is 12.7 Å². The summed E-state index contributed by atoms with van der Waals surface area (Å²) in [5.41, 5.74) is 0.921. The second kappa shape index (κ2) is 19.9. The van der Waals surface area contributed by atoms with Crippen LogP contribution in [0.1, 0.15) is 123 Å². The first-order chi connectivity index (χ1) is 15.7. The summed E-state index contributed by atoms with van der Waals surface area (Å²) in [6, 6.07) is 7.90. The fourth-order valence-electron chi connectivity index (χ4n) is 3.99. The second-order valence-corrected chi connectivity index (χ2v) is 8.80. The van der Waals surface area contributed by atoms with Crippen LogP contribution in [-0.4, -0.2) is 18.7 Å². The van der Waals surface area contributed by atoms with Crippen molar-refractivity contribution in [3.63, 3.8) is 0 Å². The monoisotopic (exact) mass is 444 g/mol. The van der Waals surface area contributed by atoms with E-state index in [4.69, 9.17) is 9.47 Å². The van der Waals surface area contributed by atoms with Crippen molar-refractivity contribution in [1.82, 2.24) is 0 Å². The van der Waals surface area contributed by atoms with Gasteiger partial charge in [0, 0.05) is 11.6 Å². The van der Waals surface area contributed by atoms with E-state index in [1.165, 1.54) is 89.5 Å². The standard InChI is InChI=1S/C29H48O3/c1-4-7-8-9-10-11-12-13-14-15-16-17-18-22-27(5-2)32-28-23-20-19-21-26(28)24-25-29(30)31-6-3/h19-21,23-25,27H,4-18,22H2,1-3H3. The zero-order chi connectivity index (χ0) is 23.3. The molecule has 0 fully saturated rings. The molecule has 0 aromatic heterocycles. The molecule has 3 nitrogen and oxygen atoms in total. The number of hydrogen-bond donors (Lipinski definition) is 0. The normalized spacial score (nSPS) is 12.2. The molecule has 32 heavy (non-hydrogen) atoms. The summed E-state index contributed by atoms with van der Waals surface area (Å²) in [6.07, 6.45) is 23.5. The maximum Gasteiger partial charge on any atom is 0.330 e. The van der Waals surface area contributed by atoms with E-state index in [0.717, 1.165) is 24.2 Å². The zero-order valence-corrected chi connectivity index (χ0v) is 21.1. The van der Waals surface area contributed by atoms with Crippen LogP contribution < -0.4 is 4.74 Å². The molecule has 0 bridgehead atoms. The molecule has 0 saturated heterocycles. The van der Waals surface area contributed by atoms with E-state index in [-0.39, 0.29) is 12.1 Å². The van der Waals surface area contributed by atoms with Crippen LogP contribution in [0.3, 0.4) is 0 Å². The topological polar surface area (TPSA) is 35.5 Å². The van der Waals surface area contributed by atoms with Crippen LogP contribution in [0.5, 0.6) is 5.75 Å². The predicted octanol–water partition coefficient (Wildman–Crippen LogP) is 8.90. The molecule has 182 valence electrons. The van der Waals surface area contributed by atoms with E-state index in [1.807, 2.05) is 31.2 Å². The third-order valence-electron chi connectivity index (χ3n) is 5.98. The Labute approximate surface area is 198 Å². The highest BCUT2D eigenvalue weighted by Gasteiger charge is 2.10. The summed E-state index contributed by atoms with van der Waals surface area (Å²) >= 11 is 0. The van der Waals surface area contributed by atoms with E-state index in [2.05, 4.69) is 13.8 Å². The number of carbonyl (C=O) groups excluding carboxylic acids is 1. The first-order valence-electron chi connectivity index (χ1n) is 13.3. The molecule has 0 spiro atoms. The molecule has 0 aliphatic carbocycles. The molecule has 0 heterocycles. The number of carbonyl (C=O) groups is 1. The summed E-state index contributed by atoms with van der Waals surface area (Å²) in [5, 5.41) is 0. The lowest BCUT2D eigenvalue weighted by atomic mass is 10.0. The Bertz CT molecular complexity index is 608. The Morgan fingerprint density at radius 3 is 1.94 bits per heavy atom. The fraction of sp³-hybridized carbons (Fsp3) is 0.690. The van der Waals surface area contributed by atoms with Crippen molar-refractivity contribution < 1.29 is 14.3 Å². The van der Waals surface area contributed by atoms with Crippen molar-refractivity contribution in [2.75, 3.05) is 6.61 Å². The van der Waals surface area contributed by atoms with Crippen LogP contribution in [0.25, 0.3) is 6.08 Å². The highest BCUT2D eigenvalue weighted by Crippen LogP contribution is 2.23. The van der Waals surface area contributed by atoms with Gasteiger partial charge in [0.2, 0.25) is 0 Å². The Balaban J connectivity index is 2.19. The molecule has 3 heteroatoms. The molecule has 0 amide bonds. The van der Waals surface area contributed by atoms with Gasteiger partial charge in [-0.05, 0) is 38.3 Å². The molecule has 1 aromatic carbocycles. The number of benzene rings is 1. The van der Waals surface area contributed by atoms with E-state index in [1.54, 1.807) is 6.08 Å². The average Bonchev–Trinajstić information content (AvgIpc) is 2.80. The van der Waals surface area contributed by atoms with E-state index in [0.29, 0.717) is 6.61 Å². The number of rotatable bonds is 20. The SMILES string of the molecule is CCCCCCCCCCCCCCCC(CC)Oc1ccccc1C=CC(=O)OCC. The smallest absolute Gasteiger partial charge is 0.330 e. The van der Waals surface area contributed by atoms with Crippen molar-refractivity contribution in [2.24, 2.45) is 0 Å². The average molecular weight is 445 g/mol. The molecular formula is C29H48O3.